The summed E-state index contributed by atoms with van der Waals surface area (Å²) in [5, 5.41) is 16.2. The largest absolute Gasteiger partial charge is 0.481 e. The molecule has 5 nitrogen and oxygen atoms in total. The average molecular weight is 279 g/mol. The van der Waals surface area contributed by atoms with Crippen LogP contribution in [0.5, 0.6) is 0 Å². The van der Waals surface area contributed by atoms with Gasteiger partial charge in [-0.1, -0.05) is 0 Å². The molecule has 0 atom stereocenters. The number of hydrogen-bond donors (Lipinski definition) is 2. The molecule has 0 unspecified atom stereocenters. The minimum atomic E-state index is -0.780. The van der Waals surface area contributed by atoms with E-state index >= 15 is 0 Å². The van der Waals surface area contributed by atoms with E-state index in [1.165, 1.54) is 10.4 Å². The van der Waals surface area contributed by atoms with Crippen LogP contribution in [0.2, 0.25) is 0 Å². The van der Waals surface area contributed by atoms with Crippen LogP contribution >= 0.6 is 11.3 Å². The van der Waals surface area contributed by atoms with E-state index < -0.39 is 5.97 Å². The van der Waals surface area contributed by atoms with E-state index in [9.17, 15) is 4.79 Å². The van der Waals surface area contributed by atoms with Gasteiger partial charge >= 0.3 is 5.97 Å². The van der Waals surface area contributed by atoms with Gasteiger partial charge in [-0.15, -0.1) is 11.3 Å². The van der Waals surface area contributed by atoms with Crippen LogP contribution in [0.1, 0.15) is 15.3 Å². The third kappa shape index (κ3) is 4.50. The highest BCUT2D eigenvalue weighted by Crippen LogP contribution is 2.16. The van der Waals surface area contributed by atoms with Crippen molar-refractivity contribution in [3.63, 3.8) is 0 Å². The maximum Gasteiger partial charge on any atom is 0.308 e. The maximum absolute atomic E-state index is 10.6. The summed E-state index contributed by atoms with van der Waals surface area (Å²) in [4.78, 5) is 12.6. The van der Waals surface area contributed by atoms with Gasteiger partial charge in [0.25, 0.3) is 0 Å². The quantitative estimate of drug-likeness (QED) is 0.753. The van der Waals surface area contributed by atoms with Crippen molar-refractivity contribution in [2.45, 2.75) is 19.4 Å². The summed E-state index contributed by atoms with van der Waals surface area (Å²) in [6, 6.07) is 3.87. The Morgan fingerprint density at radius 3 is 2.95 bits per heavy atom. The van der Waals surface area contributed by atoms with Crippen LogP contribution in [-0.4, -0.2) is 27.4 Å². The Hall–Kier alpha value is -1.66. The van der Waals surface area contributed by atoms with Gasteiger partial charge in [0.1, 0.15) is 0 Å². The molecule has 0 radical (unpaired) electrons. The molecule has 19 heavy (non-hydrogen) atoms. The monoisotopic (exact) mass is 279 g/mol. The lowest BCUT2D eigenvalue weighted by atomic mass is 10.2. The van der Waals surface area contributed by atoms with Gasteiger partial charge in [-0.3, -0.25) is 9.48 Å². The number of aliphatic carboxylic acids is 1. The number of thiophene rings is 1. The number of hydrogen-bond acceptors (Lipinski definition) is 4. The van der Waals surface area contributed by atoms with Crippen molar-refractivity contribution in [3.05, 3.63) is 39.8 Å². The van der Waals surface area contributed by atoms with Gasteiger partial charge in [0.15, 0.2) is 0 Å². The first kappa shape index (κ1) is 13.8. The molecular formula is C13H17N3O2S. The number of nitrogens with one attached hydrogen (secondary N) is 1. The van der Waals surface area contributed by atoms with Crippen LogP contribution in [-0.2, 0) is 31.2 Å². The third-order valence-corrected chi connectivity index (χ3v) is 3.78. The highest BCUT2D eigenvalue weighted by molar-refractivity contribution is 7.12. The Bertz CT molecular complexity index is 548. The fourth-order valence-electron chi connectivity index (χ4n) is 1.81. The molecule has 2 N–H and O–H groups in total. The zero-order chi connectivity index (χ0) is 13.7. The molecule has 0 aliphatic carbocycles. The summed E-state index contributed by atoms with van der Waals surface area (Å²) in [5.41, 5.74) is 1.22. The highest BCUT2D eigenvalue weighted by atomic mass is 32.1. The van der Waals surface area contributed by atoms with E-state index in [1.54, 1.807) is 16.0 Å². The van der Waals surface area contributed by atoms with Crippen molar-refractivity contribution in [3.8, 4) is 0 Å². The number of carboxylic acid groups (broad SMARTS) is 1. The molecule has 102 valence electrons. The molecular weight excluding hydrogens is 262 g/mol. The van der Waals surface area contributed by atoms with E-state index in [0.29, 0.717) is 0 Å². The Labute approximate surface area is 115 Å². The van der Waals surface area contributed by atoms with Crippen molar-refractivity contribution in [1.29, 1.82) is 0 Å². The zero-order valence-electron chi connectivity index (χ0n) is 10.8. The fourth-order valence-corrected chi connectivity index (χ4v) is 2.79. The van der Waals surface area contributed by atoms with Crippen LogP contribution < -0.4 is 5.32 Å². The summed E-state index contributed by atoms with van der Waals surface area (Å²) < 4.78 is 1.80. The first-order valence-corrected chi connectivity index (χ1v) is 6.93. The van der Waals surface area contributed by atoms with Gasteiger partial charge < -0.3 is 10.4 Å². The molecule has 6 heteroatoms. The molecule has 2 aromatic heterocycles. The van der Waals surface area contributed by atoms with Crippen LogP contribution in [0.4, 0.5) is 0 Å². The fraction of sp³-hybridized carbons (Fsp3) is 0.385. The van der Waals surface area contributed by atoms with E-state index in [1.807, 2.05) is 31.6 Å². The Morgan fingerprint density at radius 2 is 2.26 bits per heavy atom. The second-order valence-corrected chi connectivity index (χ2v) is 5.64. The second-order valence-electron chi connectivity index (χ2n) is 4.39. The number of carboxylic acids is 1. The van der Waals surface area contributed by atoms with E-state index in [0.717, 1.165) is 24.4 Å². The lowest BCUT2D eigenvalue weighted by molar-refractivity contribution is -0.136. The Kier molecular flexibility index (Phi) is 4.70. The molecule has 0 aliphatic rings. The number of aromatic nitrogens is 2. The predicted molar refractivity (Wildman–Crippen MR) is 74.3 cm³/mol. The summed E-state index contributed by atoms with van der Waals surface area (Å²) >= 11 is 1.55. The highest BCUT2D eigenvalue weighted by Gasteiger charge is 2.04. The first-order chi connectivity index (χ1) is 9.13. The lowest BCUT2D eigenvalue weighted by Crippen LogP contribution is -2.15. The molecule has 0 bridgehead atoms. The number of nitrogens with zero attached hydrogens (tertiary/aromatic N) is 2. The Morgan fingerprint density at radius 1 is 1.47 bits per heavy atom. The van der Waals surface area contributed by atoms with E-state index in [4.69, 9.17) is 5.11 Å². The van der Waals surface area contributed by atoms with Crippen molar-refractivity contribution < 1.29 is 9.90 Å². The van der Waals surface area contributed by atoms with Gasteiger partial charge in [-0.25, -0.2) is 0 Å². The molecule has 0 fully saturated rings. The minimum absolute atomic E-state index is 0.111. The zero-order valence-corrected chi connectivity index (χ0v) is 11.6. The number of carbonyl (C=O) groups is 1. The second kappa shape index (κ2) is 6.49. The van der Waals surface area contributed by atoms with Gasteiger partial charge in [-0.2, -0.15) is 5.10 Å². The van der Waals surface area contributed by atoms with Crippen molar-refractivity contribution >= 4 is 17.3 Å². The number of rotatable bonds is 7. The van der Waals surface area contributed by atoms with Crippen LogP contribution in [0.3, 0.4) is 0 Å². The normalized spacial score (nSPS) is 10.8. The van der Waals surface area contributed by atoms with E-state index in [2.05, 4.69) is 10.4 Å². The van der Waals surface area contributed by atoms with Crippen LogP contribution in [0.15, 0.2) is 24.5 Å². The summed E-state index contributed by atoms with van der Waals surface area (Å²) in [6.45, 7) is 1.67. The molecule has 0 aromatic carbocycles. The molecule has 0 saturated carbocycles. The van der Waals surface area contributed by atoms with Crippen LogP contribution in [0.25, 0.3) is 0 Å². The Balaban J connectivity index is 1.70. The molecule has 2 rings (SSSR count). The molecule has 0 amide bonds. The number of aryl methyl sites for hydroxylation is 1. The van der Waals surface area contributed by atoms with Gasteiger partial charge in [0, 0.05) is 29.5 Å². The van der Waals surface area contributed by atoms with Crippen molar-refractivity contribution in [2.75, 3.05) is 6.54 Å². The lowest BCUT2D eigenvalue weighted by Gasteiger charge is -2.01. The SMILES string of the molecule is Cn1cc(CCNCc2ccc(CC(=O)O)s2)cn1. The topological polar surface area (TPSA) is 67.2 Å². The average Bonchev–Trinajstić information content (AvgIpc) is 2.94. The van der Waals surface area contributed by atoms with Gasteiger partial charge in [0.05, 0.1) is 12.6 Å². The molecule has 0 spiro atoms. The summed E-state index contributed by atoms with van der Waals surface area (Å²) in [6.07, 6.45) is 4.94. The predicted octanol–water partition coefficient (Wildman–Crippen LogP) is 1.44. The van der Waals surface area contributed by atoms with E-state index in [-0.39, 0.29) is 6.42 Å². The molecule has 0 saturated heterocycles. The van der Waals surface area contributed by atoms with Gasteiger partial charge in [-0.05, 0) is 30.7 Å². The van der Waals surface area contributed by atoms with Crippen molar-refractivity contribution in [1.82, 2.24) is 15.1 Å². The smallest absolute Gasteiger partial charge is 0.308 e. The summed E-state index contributed by atoms with van der Waals surface area (Å²) in [5.74, 6) is -0.780. The molecule has 0 aliphatic heterocycles. The van der Waals surface area contributed by atoms with Crippen molar-refractivity contribution in [2.24, 2.45) is 7.05 Å². The summed E-state index contributed by atoms with van der Waals surface area (Å²) in [7, 11) is 1.91. The standard InChI is InChI=1S/C13H17N3O2S/c1-16-9-10(7-15-16)4-5-14-8-12-3-2-11(19-12)6-13(17)18/h2-3,7,9,14H,4-6,8H2,1H3,(H,17,18). The maximum atomic E-state index is 10.6. The first-order valence-electron chi connectivity index (χ1n) is 6.11. The van der Waals surface area contributed by atoms with Crippen LogP contribution in [0, 0.1) is 0 Å². The molecule has 2 aromatic rings. The molecule has 2 heterocycles. The van der Waals surface area contributed by atoms with Gasteiger partial charge in [0.2, 0.25) is 0 Å². The minimum Gasteiger partial charge on any atom is -0.481 e. The third-order valence-electron chi connectivity index (χ3n) is 2.69.